The molecule has 0 radical (unpaired) electrons. The lowest BCUT2D eigenvalue weighted by molar-refractivity contribution is -0.146. The van der Waals surface area contributed by atoms with Crippen LogP contribution in [0.5, 0.6) is 0 Å². The van der Waals surface area contributed by atoms with Gasteiger partial charge in [-0.1, -0.05) is 16.8 Å². The van der Waals surface area contributed by atoms with Crippen LogP contribution in [0.4, 0.5) is 0 Å². The minimum absolute atomic E-state index is 0.0561. The average Bonchev–Trinajstić information content (AvgIpc) is 3.54. The highest BCUT2D eigenvalue weighted by atomic mass is 35.5. The quantitative estimate of drug-likeness (QED) is 0.502. The summed E-state index contributed by atoms with van der Waals surface area (Å²) in [4.78, 5) is 34.3. The second-order valence-electron chi connectivity index (χ2n) is 7.76. The van der Waals surface area contributed by atoms with Gasteiger partial charge in [0.25, 0.3) is 0 Å². The van der Waals surface area contributed by atoms with E-state index in [0.29, 0.717) is 37.1 Å². The number of nitrogens with one attached hydrogen (secondary N) is 1. The third-order valence-corrected chi connectivity index (χ3v) is 8.24. The first kappa shape index (κ1) is 24.1. The maximum Gasteiger partial charge on any atom is 0.246 e. The van der Waals surface area contributed by atoms with E-state index in [1.807, 2.05) is 0 Å². The zero-order valence-corrected chi connectivity index (χ0v) is 20.1. The Morgan fingerprint density at radius 3 is 2.76 bits per heavy atom. The molecule has 0 unspecified atom stereocenters. The molecule has 2 amide bonds. The van der Waals surface area contributed by atoms with Gasteiger partial charge in [0.2, 0.25) is 27.7 Å². The number of sulfonamides is 1. The highest BCUT2D eigenvalue weighted by Crippen LogP contribution is 2.23. The van der Waals surface area contributed by atoms with Gasteiger partial charge < -0.3 is 19.1 Å². The minimum atomic E-state index is -3.71. The number of rotatable bonds is 9. The standard InChI is InChI=1S/C19H24ClN5O6S2/c20-16-2-1-13(32-16)4-10-33(28,29)23-14-3-5-25(18(14)26)15(11-17-21-12-22-31-17)19(27)24-6-8-30-9-7-24/h1-2,12,14-15,23H,3-11H2/t14-,15+/m0/s1. The molecule has 2 saturated heterocycles. The lowest BCUT2D eigenvalue weighted by atomic mass is 10.1. The van der Waals surface area contributed by atoms with E-state index >= 15 is 0 Å². The number of amides is 2. The van der Waals surface area contributed by atoms with Crippen LogP contribution in [0.15, 0.2) is 23.0 Å². The summed E-state index contributed by atoms with van der Waals surface area (Å²) in [7, 11) is -3.71. The highest BCUT2D eigenvalue weighted by molar-refractivity contribution is 7.89. The van der Waals surface area contributed by atoms with Crippen molar-refractivity contribution in [2.45, 2.75) is 31.3 Å². The Kier molecular flexibility index (Phi) is 7.64. The van der Waals surface area contributed by atoms with Crippen LogP contribution in [0, 0.1) is 0 Å². The van der Waals surface area contributed by atoms with Crippen LogP contribution in [0.1, 0.15) is 17.2 Å². The molecular formula is C19H24ClN5O6S2. The van der Waals surface area contributed by atoms with Gasteiger partial charge >= 0.3 is 0 Å². The summed E-state index contributed by atoms with van der Waals surface area (Å²) in [6.07, 6.45) is 1.85. The maximum atomic E-state index is 13.2. The third kappa shape index (κ3) is 6.09. The number of morpholine rings is 1. The molecule has 0 aromatic carbocycles. The SMILES string of the molecule is O=C([C@@H](Cc1ncno1)N1CC[C@H](NS(=O)(=O)CCc2ccc(Cl)s2)C1=O)N1CCOCC1. The molecule has 2 aliphatic rings. The highest BCUT2D eigenvalue weighted by Gasteiger charge is 2.42. The van der Waals surface area contributed by atoms with Crippen molar-refractivity contribution in [1.82, 2.24) is 24.7 Å². The zero-order valence-electron chi connectivity index (χ0n) is 17.7. The van der Waals surface area contributed by atoms with E-state index in [4.69, 9.17) is 20.9 Å². The van der Waals surface area contributed by atoms with E-state index < -0.39 is 28.0 Å². The molecule has 33 heavy (non-hydrogen) atoms. The first-order valence-corrected chi connectivity index (χ1v) is 13.3. The van der Waals surface area contributed by atoms with Crippen molar-refractivity contribution in [2.75, 3.05) is 38.6 Å². The van der Waals surface area contributed by atoms with Gasteiger partial charge in [0.15, 0.2) is 6.33 Å². The summed E-state index contributed by atoms with van der Waals surface area (Å²) in [5, 5.41) is 3.57. The first-order valence-electron chi connectivity index (χ1n) is 10.5. The van der Waals surface area contributed by atoms with Gasteiger partial charge in [-0.25, -0.2) is 13.1 Å². The summed E-state index contributed by atoms with van der Waals surface area (Å²) in [6, 6.07) is 1.71. The Hall–Kier alpha value is -2.06. The zero-order chi connectivity index (χ0) is 23.4. The number of ether oxygens (including phenoxy) is 1. The number of nitrogens with zero attached hydrogens (tertiary/aromatic N) is 4. The van der Waals surface area contributed by atoms with Gasteiger partial charge in [0.05, 0.1) is 29.7 Å². The molecule has 2 aromatic rings. The van der Waals surface area contributed by atoms with Gasteiger partial charge in [-0.05, 0) is 25.0 Å². The van der Waals surface area contributed by atoms with Gasteiger partial charge in [-0.15, -0.1) is 11.3 Å². The van der Waals surface area contributed by atoms with E-state index in [1.54, 1.807) is 17.0 Å². The molecule has 1 N–H and O–H groups in total. The number of likely N-dealkylation sites (tertiary alicyclic amines) is 1. The van der Waals surface area contributed by atoms with E-state index in [2.05, 4.69) is 14.9 Å². The molecule has 4 heterocycles. The Morgan fingerprint density at radius 1 is 1.30 bits per heavy atom. The van der Waals surface area contributed by atoms with E-state index in [-0.39, 0.29) is 36.9 Å². The monoisotopic (exact) mass is 517 g/mol. The predicted molar refractivity (Wildman–Crippen MR) is 119 cm³/mol. The first-order chi connectivity index (χ1) is 15.8. The summed E-state index contributed by atoms with van der Waals surface area (Å²) < 4.78 is 38.7. The number of aryl methyl sites for hydroxylation is 1. The Bertz CT molecular complexity index is 1070. The molecule has 2 aliphatic heterocycles. The van der Waals surface area contributed by atoms with Crippen LogP contribution in [-0.4, -0.2) is 90.9 Å². The summed E-state index contributed by atoms with van der Waals surface area (Å²) in [5.74, 6) is -0.619. The van der Waals surface area contributed by atoms with Crippen molar-refractivity contribution in [3.05, 3.63) is 33.6 Å². The number of hydrogen-bond acceptors (Lipinski definition) is 9. The fourth-order valence-corrected chi connectivity index (χ4v) is 6.37. The van der Waals surface area contributed by atoms with Crippen molar-refractivity contribution < 1.29 is 27.3 Å². The van der Waals surface area contributed by atoms with Gasteiger partial charge in [0, 0.05) is 24.5 Å². The summed E-state index contributed by atoms with van der Waals surface area (Å²) in [5.41, 5.74) is 0. The van der Waals surface area contributed by atoms with Crippen LogP contribution in [0.2, 0.25) is 4.34 Å². The van der Waals surface area contributed by atoms with Crippen LogP contribution < -0.4 is 4.72 Å². The number of thiophene rings is 1. The van der Waals surface area contributed by atoms with Crippen molar-refractivity contribution in [3.63, 3.8) is 0 Å². The fourth-order valence-electron chi connectivity index (χ4n) is 3.89. The number of carbonyl (C=O) groups is 2. The number of halogens is 1. The van der Waals surface area contributed by atoms with Crippen molar-refractivity contribution >= 4 is 44.8 Å². The van der Waals surface area contributed by atoms with Gasteiger partial charge in [-0.3, -0.25) is 9.59 Å². The van der Waals surface area contributed by atoms with Gasteiger partial charge in [0.1, 0.15) is 12.1 Å². The Labute approximate surface area is 200 Å². The molecule has 0 saturated carbocycles. The van der Waals surface area contributed by atoms with Crippen molar-refractivity contribution in [2.24, 2.45) is 0 Å². The molecule has 0 aliphatic carbocycles. The molecule has 0 bridgehead atoms. The van der Waals surface area contributed by atoms with Crippen LogP contribution in [0.3, 0.4) is 0 Å². The van der Waals surface area contributed by atoms with Crippen LogP contribution in [0.25, 0.3) is 0 Å². The maximum absolute atomic E-state index is 13.2. The molecule has 180 valence electrons. The predicted octanol–water partition coefficient (Wildman–Crippen LogP) is 0.317. The minimum Gasteiger partial charge on any atom is -0.378 e. The van der Waals surface area contributed by atoms with Crippen molar-refractivity contribution in [3.8, 4) is 0 Å². The summed E-state index contributed by atoms with van der Waals surface area (Å²) in [6.45, 7) is 1.92. The topological polar surface area (TPSA) is 135 Å². The Morgan fingerprint density at radius 2 is 2.09 bits per heavy atom. The number of hydrogen-bond donors (Lipinski definition) is 1. The molecule has 0 spiro atoms. The van der Waals surface area contributed by atoms with Crippen LogP contribution >= 0.6 is 22.9 Å². The van der Waals surface area contributed by atoms with E-state index in [0.717, 1.165) is 4.88 Å². The molecule has 2 fully saturated rings. The molecule has 2 atom stereocenters. The molecular weight excluding hydrogens is 494 g/mol. The summed E-state index contributed by atoms with van der Waals surface area (Å²) >= 11 is 7.22. The van der Waals surface area contributed by atoms with Crippen molar-refractivity contribution in [1.29, 1.82) is 0 Å². The van der Waals surface area contributed by atoms with Gasteiger partial charge in [-0.2, -0.15) is 4.98 Å². The van der Waals surface area contributed by atoms with E-state index in [9.17, 15) is 18.0 Å². The molecule has 11 nitrogen and oxygen atoms in total. The third-order valence-electron chi connectivity index (χ3n) is 5.57. The Balaban J connectivity index is 1.42. The largest absolute Gasteiger partial charge is 0.378 e. The van der Waals surface area contributed by atoms with Crippen LogP contribution in [-0.2, 0) is 37.2 Å². The number of aromatic nitrogens is 2. The second-order valence-corrected chi connectivity index (χ2v) is 11.4. The lowest BCUT2D eigenvalue weighted by Crippen LogP contribution is -2.54. The fraction of sp³-hybridized carbons (Fsp3) is 0.579. The average molecular weight is 518 g/mol. The molecule has 14 heteroatoms. The lowest BCUT2D eigenvalue weighted by Gasteiger charge is -2.34. The number of carbonyl (C=O) groups excluding carboxylic acids is 2. The molecule has 2 aromatic heterocycles. The smallest absolute Gasteiger partial charge is 0.246 e. The normalized spacial score (nSPS) is 20.4. The van der Waals surface area contributed by atoms with E-state index in [1.165, 1.54) is 22.6 Å². The second kappa shape index (κ2) is 10.5. The molecule has 4 rings (SSSR count).